The lowest BCUT2D eigenvalue weighted by Gasteiger charge is -2.44. The van der Waals surface area contributed by atoms with Crippen LogP contribution < -0.4 is 5.32 Å². The number of amides is 1. The van der Waals surface area contributed by atoms with Crippen LogP contribution in [-0.2, 0) is 4.74 Å². The minimum absolute atomic E-state index is 0. The Morgan fingerprint density at radius 1 is 0.935 bits per heavy atom. The highest BCUT2D eigenvalue weighted by Crippen LogP contribution is 2.31. The number of benzene rings is 2. The van der Waals surface area contributed by atoms with E-state index in [4.69, 9.17) is 16.3 Å². The number of fused-ring (bicyclic) bond motifs is 1. The molecule has 0 aliphatic carbocycles. The van der Waals surface area contributed by atoms with Gasteiger partial charge in [0.1, 0.15) is 0 Å². The molecule has 2 fully saturated rings. The third-order valence-corrected chi connectivity index (χ3v) is 6.39. The maximum absolute atomic E-state index is 12.5. The first kappa shape index (κ1) is 23.6. The zero-order valence-electron chi connectivity index (χ0n) is 17.4. The summed E-state index contributed by atoms with van der Waals surface area (Å²) in [7, 11) is 0. The van der Waals surface area contributed by atoms with Crippen molar-refractivity contribution in [2.75, 3.05) is 25.0 Å². The molecule has 2 aliphatic rings. The van der Waals surface area contributed by atoms with E-state index in [1.54, 1.807) is 48.5 Å². The molecule has 2 aliphatic heterocycles. The average Bonchev–Trinajstić information content (AvgIpc) is 2.78. The van der Waals surface area contributed by atoms with E-state index in [9.17, 15) is 9.59 Å². The van der Waals surface area contributed by atoms with Crippen molar-refractivity contribution < 1.29 is 14.3 Å². The van der Waals surface area contributed by atoms with Gasteiger partial charge in [-0.25, -0.2) is 4.79 Å². The number of hydrogen-bond acceptors (Lipinski definition) is 4. The van der Waals surface area contributed by atoms with Crippen LogP contribution in [0.25, 0.3) is 0 Å². The van der Waals surface area contributed by atoms with E-state index >= 15 is 0 Å². The summed E-state index contributed by atoms with van der Waals surface area (Å²) >= 11 is 5.85. The molecule has 1 N–H and O–H groups in total. The summed E-state index contributed by atoms with van der Waals surface area (Å²) in [6, 6.07) is 14.1. The van der Waals surface area contributed by atoms with Crippen LogP contribution in [0.5, 0.6) is 0 Å². The van der Waals surface area contributed by atoms with Crippen molar-refractivity contribution in [3.63, 3.8) is 0 Å². The van der Waals surface area contributed by atoms with Gasteiger partial charge in [0.2, 0.25) is 0 Å². The number of halogens is 2. The van der Waals surface area contributed by atoms with Crippen molar-refractivity contribution in [3.8, 4) is 0 Å². The molecular formula is C24H28Cl2N2O3. The molecule has 0 saturated carbocycles. The van der Waals surface area contributed by atoms with Crippen molar-refractivity contribution in [3.05, 3.63) is 64.7 Å². The minimum Gasteiger partial charge on any atom is -0.462 e. The number of carbonyl (C=O) groups excluding carboxylic acids is 2. The van der Waals surface area contributed by atoms with Gasteiger partial charge in [0.05, 0.1) is 12.2 Å². The molecule has 0 bridgehead atoms. The zero-order chi connectivity index (χ0) is 20.9. The molecule has 4 rings (SSSR count). The molecule has 2 unspecified atom stereocenters. The van der Waals surface area contributed by atoms with Crippen LogP contribution in [0.1, 0.15) is 52.8 Å². The molecule has 7 heteroatoms. The summed E-state index contributed by atoms with van der Waals surface area (Å²) in [6.45, 7) is 2.84. The molecule has 0 aromatic heterocycles. The van der Waals surface area contributed by atoms with Gasteiger partial charge >= 0.3 is 5.97 Å². The quantitative estimate of drug-likeness (QED) is 0.601. The first-order valence-electron chi connectivity index (χ1n) is 10.7. The Kier molecular flexibility index (Phi) is 8.35. The number of hydrogen-bond donors (Lipinski definition) is 1. The summed E-state index contributed by atoms with van der Waals surface area (Å²) in [4.78, 5) is 27.4. The molecule has 5 nitrogen and oxygen atoms in total. The molecule has 166 valence electrons. The SMILES string of the molecule is Cl.O=C(Nc1ccc(C(=O)OCC2CCCN3CCCCC23)cc1)c1ccc(Cl)cc1. The lowest BCUT2D eigenvalue weighted by Crippen LogP contribution is -2.49. The number of esters is 1. The number of piperidine rings is 2. The summed E-state index contributed by atoms with van der Waals surface area (Å²) in [5, 5.41) is 3.40. The molecule has 2 atom stereocenters. The van der Waals surface area contributed by atoms with E-state index in [-0.39, 0.29) is 24.3 Å². The number of ether oxygens (including phenoxy) is 1. The summed E-state index contributed by atoms with van der Waals surface area (Å²) in [6.07, 6.45) is 6.08. The second-order valence-electron chi connectivity index (χ2n) is 8.14. The van der Waals surface area contributed by atoms with Gasteiger partial charge in [0, 0.05) is 28.2 Å². The molecular weight excluding hydrogens is 435 g/mol. The summed E-state index contributed by atoms with van der Waals surface area (Å²) in [5.41, 5.74) is 1.64. The number of carbonyl (C=O) groups is 2. The number of rotatable bonds is 5. The fourth-order valence-electron chi connectivity index (χ4n) is 4.53. The highest BCUT2D eigenvalue weighted by atomic mass is 35.5. The Hall–Kier alpha value is -2.08. The Bertz CT molecular complexity index is 885. The van der Waals surface area contributed by atoms with E-state index in [1.807, 2.05) is 0 Å². The van der Waals surface area contributed by atoms with Gasteiger partial charge in [-0.15, -0.1) is 12.4 Å². The van der Waals surface area contributed by atoms with Crippen LogP contribution in [0, 0.1) is 5.92 Å². The van der Waals surface area contributed by atoms with Gasteiger partial charge < -0.3 is 10.1 Å². The Morgan fingerprint density at radius 2 is 1.61 bits per heavy atom. The number of nitrogens with zero attached hydrogens (tertiary/aromatic N) is 1. The normalized spacial score (nSPS) is 20.8. The van der Waals surface area contributed by atoms with Gasteiger partial charge in [-0.05, 0) is 87.3 Å². The van der Waals surface area contributed by atoms with Crippen LogP contribution in [0.2, 0.25) is 5.02 Å². The van der Waals surface area contributed by atoms with E-state index in [0.717, 1.165) is 6.42 Å². The predicted molar refractivity (Wildman–Crippen MR) is 125 cm³/mol. The van der Waals surface area contributed by atoms with Crippen molar-refractivity contribution in [1.82, 2.24) is 4.90 Å². The monoisotopic (exact) mass is 462 g/mol. The molecule has 2 saturated heterocycles. The van der Waals surface area contributed by atoms with Crippen molar-refractivity contribution in [2.45, 2.75) is 38.1 Å². The number of anilines is 1. The first-order chi connectivity index (χ1) is 14.6. The Balaban J connectivity index is 0.00000272. The predicted octanol–water partition coefficient (Wildman–Crippen LogP) is 5.44. The van der Waals surface area contributed by atoms with Gasteiger partial charge in [-0.3, -0.25) is 9.69 Å². The van der Waals surface area contributed by atoms with E-state index in [1.165, 1.54) is 38.8 Å². The standard InChI is InChI=1S/C24H27ClN2O3.ClH/c25-20-10-6-17(7-11-20)23(28)26-21-12-8-18(9-13-21)24(29)30-16-19-4-3-15-27-14-2-1-5-22(19)27;/h6-13,19,22H,1-5,14-16H2,(H,26,28);1H. The lowest BCUT2D eigenvalue weighted by atomic mass is 9.84. The van der Waals surface area contributed by atoms with Gasteiger partial charge in [-0.1, -0.05) is 18.0 Å². The average molecular weight is 463 g/mol. The second kappa shape index (κ2) is 11.0. The number of nitrogens with one attached hydrogen (secondary N) is 1. The van der Waals surface area contributed by atoms with Crippen LogP contribution in [0.3, 0.4) is 0 Å². The highest BCUT2D eigenvalue weighted by Gasteiger charge is 2.33. The van der Waals surface area contributed by atoms with Crippen LogP contribution in [0.4, 0.5) is 5.69 Å². The van der Waals surface area contributed by atoms with Gasteiger partial charge in [0.25, 0.3) is 5.91 Å². The molecule has 0 radical (unpaired) electrons. The Labute approximate surface area is 194 Å². The van der Waals surface area contributed by atoms with Gasteiger partial charge in [0.15, 0.2) is 0 Å². The fraction of sp³-hybridized carbons (Fsp3) is 0.417. The third kappa shape index (κ3) is 6.00. The van der Waals surface area contributed by atoms with Crippen molar-refractivity contribution in [2.24, 2.45) is 5.92 Å². The lowest BCUT2D eigenvalue weighted by molar-refractivity contribution is 0.00739. The molecule has 0 spiro atoms. The van der Waals surface area contributed by atoms with Crippen LogP contribution in [0.15, 0.2) is 48.5 Å². The second-order valence-corrected chi connectivity index (χ2v) is 8.57. The third-order valence-electron chi connectivity index (χ3n) is 6.14. The largest absolute Gasteiger partial charge is 0.462 e. The van der Waals surface area contributed by atoms with E-state index < -0.39 is 0 Å². The van der Waals surface area contributed by atoms with Crippen LogP contribution >= 0.6 is 24.0 Å². The topological polar surface area (TPSA) is 58.6 Å². The molecule has 2 aromatic rings. The Morgan fingerprint density at radius 3 is 2.35 bits per heavy atom. The fourth-order valence-corrected chi connectivity index (χ4v) is 4.66. The first-order valence-corrected chi connectivity index (χ1v) is 11.1. The van der Waals surface area contributed by atoms with E-state index in [0.29, 0.717) is 40.4 Å². The molecule has 31 heavy (non-hydrogen) atoms. The molecule has 1 amide bonds. The van der Waals surface area contributed by atoms with E-state index in [2.05, 4.69) is 10.2 Å². The minimum atomic E-state index is -0.307. The maximum atomic E-state index is 12.5. The smallest absolute Gasteiger partial charge is 0.338 e. The molecule has 2 aromatic carbocycles. The van der Waals surface area contributed by atoms with Crippen molar-refractivity contribution >= 4 is 41.6 Å². The maximum Gasteiger partial charge on any atom is 0.338 e. The van der Waals surface area contributed by atoms with Crippen molar-refractivity contribution in [1.29, 1.82) is 0 Å². The zero-order valence-corrected chi connectivity index (χ0v) is 19.0. The van der Waals surface area contributed by atoms with Crippen LogP contribution in [-0.4, -0.2) is 42.5 Å². The summed E-state index contributed by atoms with van der Waals surface area (Å²) < 4.78 is 5.65. The highest BCUT2D eigenvalue weighted by molar-refractivity contribution is 6.30. The van der Waals surface area contributed by atoms with Gasteiger partial charge in [-0.2, -0.15) is 0 Å². The molecule has 2 heterocycles. The summed E-state index contributed by atoms with van der Waals surface area (Å²) in [5.74, 6) is -0.101.